The largest absolute Gasteiger partial charge is 0.492 e. The quantitative estimate of drug-likeness (QED) is 0.366. The zero-order chi connectivity index (χ0) is 27.1. The number of alkyl carbamates (subject to hydrolysis) is 1. The highest BCUT2D eigenvalue weighted by molar-refractivity contribution is 6.56. The Balaban J connectivity index is 1.40. The van der Waals surface area contributed by atoms with Crippen LogP contribution in [0.1, 0.15) is 63.8 Å². The Morgan fingerprint density at radius 3 is 2.18 bits per heavy atom. The molecule has 38 heavy (non-hydrogen) atoms. The minimum atomic E-state index is -0.590. The first-order valence-electron chi connectivity index (χ1n) is 13.2. The molecule has 1 amide bonds. The molecule has 1 aliphatic carbocycles. The number of rotatable bonds is 6. The average molecular weight is 509 g/mol. The van der Waals surface area contributed by atoms with Crippen LogP contribution in [0.5, 0.6) is 0 Å². The lowest BCUT2D eigenvalue weighted by Gasteiger charge is -2.32. The van der Waals surface area contributed by atoms with E-state index in [-0.39, 0.29) is 18.6 Å². The number of fused-ring (bicyclic) bond motifs is 3. The summed E-state index contributed by atoms with van der Waals surface area (Å²) in [5.74, 6) is 0. The van der Waals surface area contributed by atoms with Gasteiger partial charge in [-0.25, -0.2) is 4.79 Å². The predicted molar refractivity (Wildman–Crippen MR) is 153 cm³/mol. The number of hydrogen-bond acceptors (Lipinski definition) is 4. The van der Waals surface area contributed by atoms with Crippen molar-refractivity contribution in [1.29, 1.82) is 0 Å². The van der Waals surface area contributed by atoms with E-state index in [1.165, 1.54) is 22.3 Å². The van der Waals surface area contributed by atoms with E-state index in [1.54, 1.807) is 0 Å². The van der Waals surface area contributed by atoms with Gasteiger partial charge in [0.1, 0.15) is 6.61 Å². The van der Waals surface area contributed by atoms with Gasteiger partial charge >= 0.3 is 13.2 Å². The molecule has 1 saturated heterocycles. The van der Waals surface area contributed by atoms with Crippen LogP contribution in [0.15, 0.2) is 78.3 Å². The fraction of sp³-hybridized carbons (Fsp3) is 0.344. The third-order valence-electron chi connectivity index (χ3n) is 8.17. The number of nitrogens with one attached hydrogen (secondary N) is 1. The van der Waals surface area contributed by atoms with Gasteiger partial charge in [-0.3, -0.25) is 0 Å². The fourth-order valence-corrected chi connectivity index (χ4v) is 5.17. The summed E-state index contributed by atoms with van der Waals surface area (Å²) in [5, 5.41) is 2.90. The number of benzene rings is 3. The summed E-state index contributed by atoms with van der Waals surface area (Å²) in [4.78, 5) is 12.6. The lowest BCUT2D eigenvalue weighted by atomic mass is 9.76. The van der Waals surface area contributed by atoms with Crippen LogP contribution in [0.25, 0.3) is 17.2 Å². The van der Waals surface area contributed by atoms with Crippen LogP contribution in [0.3, 0.4) is 0 Å². The monoisotopic (exact) mass is 509 g/mol. The SMILES string of the molecule is CC1(C)c2ccccc2-c2ccc(C=C(CNC(=O)OCc3ccccc3)B3OC(C)(C)C(C)(C)O3)cc21. The van der Waals surface area contributed by atoms with E-state index < -0.39 is 24.4 Å². The summed E-state index contributed by atoms with van der Waals surface area (Å²) in [5.41, 5.74) is 6.90. The van der Waals surface area contributed by atoms with Gasteiger partial charge in [-0.2, -0.15) is 0 Å². The van der Waals surface area contributed by atoms with E-state index in [1.807, 2.05) is 58.0 Å². The normalized spacial score (nSPS) is 18.6. The molecular weight excluding hydrogens is 473 g/mol. The molecule has 0 unspecified atom stereocenters. The summed E-state index contributed by atoms with van der Waals surface area (Å²) in [6, 6.07) is 24.8. The predicted octanol–water partition coefficient (Wildman–Crippen LogP) is 6.93. The Morgan fingerprint density at radius 1 is 0.842 bits per heavy atom. The summed E-state index contributed by atoms with van der Waals surface area (Å²) >= 11 is 0. The van der Waals surface area contributed by atoms with Crippen molar-refractivity contribution in [1.82, 2.24) is 5.32 Å². The van der Waals surface area contributed by atoms with Crippen LogP contribution in [0.4, 0.5) is 4.79 Å². The maximum absolute atomic E-state index is 12.6. The van der Waals surface area contributed by atoms with Crippen molar-refractivity contribution in [3.05, 3.63) is 101 Å². The first-order chi connectivity index (χ1) is 18.0. The van der Waals surface area contributed by atoms with Gasteiger partial charge in [0.15, 0.2) is 0 Å². The summed E-state index contributed by atoms with van der Waals surface area (Å²) in [7, 11) is -0.590. The number of carbonyl (C=O) groups is 1. The van der Waals surface area contributed by atoms with Crippen molar-refractivity contribution in [3.8, 4) is 11.1 Å². The number of carbonyl (C=O) groups excluding carboxylic acids is 1. The summed E-state index contributed by atoms with van der Waals surface area (Å²) in [6.07, 6.45) is 1.58. The maximum atomic E-state index is 12.6. The van der Waals surface area contributed by atoms with E-state index in [9.17, 15) is 4.79 Å². The number of ether oxygens (including phenoxy) is 1. The zero-order valence-electron chi connectivity index (χ0n) is 23.1. The van der Waals surface area contributed by atoms with Crippen LogP contribution in [0.2, 0.25) is 0 Å². The van der Waals surface area contributed by atoms with Gasteiger partial charge in [-0.15, -0.1) is 0 Å². The highest BCUT2D eigenvalue weighted by atomic mass is 16.7. The first-order valence-corrected chi connectivity index (χ1v) is 13.2. The van der Waals surface area contributed by atoms with Crippen molar-refractivity contribution in [3.63, 3.8) is 0 Å². The zero-order valence-corrected chi connectivity index (χ0v) is 23.1. The molecule has 0 bridgehead atoms. The standard InChI is InChI=1S/C32H36BNO4/c1-30(2)27-15-11-10-14-25(27)26-17-16-23(19-28(26)30)18-24(33-37-31(3,4)32(5,6)38-33)20-34-29(35)36-21-22-12-8-7-9-13-22/h7-19H,20-21H2,1-6H3,(H,34,35). The molecule has 0 radical (unpaired) electrons. The van der Waals surface area contributed by atoms with Crippen molar-refractivity contribution in [2.75, 3.05) is 6.54 Å². The first kappa shape index (κ1) is 26.3. The van der Waals surface area contributed by atoms with E-state index in [4.69, 9.17) is 14.0 Å². The Morgan fingerprint density at radius 2 is 1.47 bits per heavy atom. The van der Waals surface area contributed by atoms with Crippen LogP contribution in [-0.4, -0.2) is 31.0 Å². The highest BCUT2D eigenvalue weighted by Gasteiger charge is 2.52. The van der Waals surface area contributed by atoms with Crippen LogP contribution >= 0.6 is 0 Å². The molecule has 0 spiro atoms. The van der Waals surface area contributed by atoms with Gasteiger partial charge in [0.25, 0.3) is 0 Å². The van der Waals surface area contributed by atoms with Gasteiger partial charge < -0.3 is 19.4 Å². The third kappa shape index (κ3) is 4.91. The Labute approximate surface area is 226 Å². The van der Waals surface area contributed by atoms with Gasteiger partial charge in [-0.05, 0) is 66.5 Å². The second-order valence-corrected chi connectivity index (χ2v) is 11.7. The lowest BCUT2D eigenvalue weighted by molar-refractivity contribution is 0.00578. The van der Waals surface area contributed by atoms with E-state index in [2.05, 4.69) is 67.7 Å². The average Bonchev–Trinajstić information content (AvgIpc) is 3.25. The second-order valence-electron chi connectivity index (χ2n) is 11.7. The van der Waals surface area contributed by atoms with E-state index >= 15 is 0 Å². The minimum absolute atomic E-state index is 0.0974. The maximum Gasteiger partial charge on any atom is 0.492 e. The molecular formula is C32H36BNO4. The van der Waals surface area contributed by atoms with Gasteiger partial charge in [0, 0.05) is 12.0 Å². The fourth-order valence-electron chi connectivity index (χ4n) is 5.17. The topological polar surface area (TPSA) is 56.8 Å². The Hall–Kier alpha value is -3.35. The van der Waals surface area contributed by atoms with Crippen molar-refractivity contribution in [2.24, 2.45) is 0 Å². The summed E-state index contributed by atoms with van der Waals surface area (Å²) in [6.45, 7) is 13.1. The van der Waals surface area contributed by atoms with Crippen molar-refractivity contribution in [2.45, 2.75) is 64.8 Å². The number of amides is 1. The van der Waals surface area contributed by atoms with Crippen LogP contribution < -0.4 is 5.32 Å². The van der Waals surface area contributed by atoms with Crippen LogP contribution in [-0.2, 0) is 26.1 Å². The molecule has 0 saturated carbocycles. The lowest BCUT2D eigenvalue weighted by Crippen LogP contribution is -2.41. The third-order valence-corrected chi connectivity index (χ3v) is 8.17. The molecule has 1 heterocycles. The van der Waals surface area contributed by atoms with Crippen molar-refractivity contribution < 1.29 is 18.8 Å². The number of hydrogen-bond donors (Lipinski definition) is 1. The van der Waals surface area contributed by atoms with Gasteiger partial charge in [-0.1, -0.05) is 92.7 Å². The van der Waals surface area contributed by atoms with Crippen molar-refractivity contribution >= 4 is 19.3 Å². The Kier molecular flexibility index (Phi) is 6.74. The molecule has 5 rings (SSSR count). The minimum Gasteiger partial charge on any atom is -0.445 e. The second kappa shape index (κ2) is 9.75. The molecule has 5 nitrogen and oxygen atoms in total. The molecule has 6 heteroatoms. The molecule has 1 aliphatic heterocycles. The molecule has 3 aromatic rings. The van der Waals surface area contributed by atoms with E-state index in [0.717, 1.165) is 16.6 Å². The summed E-state index contributed by atoms with van der Waals surface area (Å²) < 4.78 is 18.2. The van der Waals surface area contributed by atoms with E-state index in [0.29, 0.717) is 0 Å². The molecule has 196 valence electrons. The Bertz CT molecular complexity index is 1360. The molecule has 0 aromatic heterocycles. The van der Waals surface area contributed by atoms with Gasteiger partial charge in [0.2, 0.25) is 0 Å². The molecule has 1 N–H and O–H groups in total. The highest BCUT2D eigenvalue weighted by Crippen LogP contribution is 2.49. The molecule has 2 aliphatic rings. The van der Waals surface area contributed by atoms with Crippen LogP contribution in [0, 0.1) is 0 Å². The molecule has 3 aromatic carbocycles. The molecule has 0 atom stereocenters. The smallest absolute Gasteiger partial charge is 0.445 e. The van der Waals surface area contributed by atoms with Gasteiger partial charge in [0.05, 0.1) is 11.2 Å². The molecule has 1 fully saturated rings.